The van der Waals surface area contributed by atoms with Gasteiger partial charge in [-0.05, 0) is 0 Å². The fraction of sp³-hybridized carbons (Fsp3) is 0.667. The van der Waals surface area contributed by atoms with Gasteiger partial charge in [0.15, 0.2) is 12.4 Å². The maximum absolute atomic E-state index is 10.8. The maximum Gasteiger partial charge on any atom is 0.405 e. The zero-order valence-electron chi connectivity index (χ0n) is 10.3. The highest BCUT2D eigenvalue weighted by molar-refractivity contribution is 5.66. The van der Waals surface area contributed by atoms with E-state index in [9.17, 15) is 19.5 Å². The van der Waals surface area contributed by atoms with E-state index in [-0.39, 0.29) is 13.0 Å². The van der Waals surface area contributed by atoms with Crippen LogP contribution in [-0.2, 0) is 18.9 Å². The third-order valence-corrected chi connectivity index (χ3v) is 2.41. The first kappa shape index (κ1) is 15.8. The fourth-order valence-electron chi connectivity index (χ4n) is 1.72. The van der Waals surface area contributed by atoms with E-state index in [4.69, 9.17) is 26.7 Å². The third kappa shape index (κ3) is 4.78. The Bertz CT molecular complexity index is 389. The minimum atomic E-state index is -1.64. The number of amides is 3. The lowest BCUT2D eigenvalue weighted by molar-refractivity contribution is -0.249. The monoisotopic (exact) mass is 293 g/mol. The molecular formula is C9H15N3O8. The van der Waals surface area contributed by atoms with Gasteiger partial charge in [-0.1, -0.05) is 0 Å². The van der Waals surface area contributed by atoms with Gasteiger partial charge >= 0.3 is 18.3 Å². The molecule has 1 rings (SSSR count). The summed E-state index contributed by atoms with van der Waals surface area (Å²) >= 11 is 0. The van der Waals surface area contributed by atoms with E-state index in [2.05, 4.69) is 9.47 Å². The average Bonchev–Trinajstić information content (AvgIpc) is 2.29. The molecule has 0 aromatic heterocycles. The van der Waals surface area contributed by atoms with Gasteiger partial charge in [-0.15, -0.1) is 0 Å². The van der Waals surface area contributed by atoms with E-state index in [0.717, 1.165) is 0 Å². The van der Waals surface area contributed by atoms with Crippen LogP contribution in [-0.4, -0.2) is 54.6 Å². The molecule has 0 aromatic rings. The Labute approximate surface area is 112 Å². The van der Waals surface area contributed by atoms with E-state index in [0.29, 0.717) is 0 Å². The number of carbonyl (C=O) groups excluding carboxylic acids is 3. The standard InChI is InChI=1S/C9H15N3O8/c10-7(14)17-2-3-1-4(19-8(11)15)5(6(13)18-3)20-9(12)16/h3-6,13H,1-2H2,(H2,10,14)(H2,11,15)(H2,12,16)/t3-,4-,5+,6+/m0/s1. The summed E-state index contributed by atoms with van der Waals surface area (Å²) in [6, 6.07) is 0. The molecular weight excluding hydrogens is 278 g/mol. The van der Waals surface area contributed by atoms with Gasteiger partial charge in [0.2, 0.25) is 0 Å². The van der Waals surface area contributed by atoms with Crippen molar-refractivity contribution in [2.45, 2.75) is 31.0 Å². The molecule has 0 bridgehead atoms. The van der Waals surface area contributed by atoms with Gasteiger partial charge in [0.05, 0.1) is 6.10 Å². The molecule has 4 atom stereocenters. The molecule has 1 heterocycles. The molecule has 20 heavy (non-hydrogen) atoms. The summed E-state index contributed by atoms with van der Waals surface area (Å²) in [5.41, 5.74) is 14.5. The van der Waals surface area contributed by atoms with Crippen molar-refractivity contribution in [1.82, 2.24) is 0 Å². The topological polar surface area (TPSA) is 186 Å². The van der Waals surface area contributed by atoms with E-state index in [1.54, 1.807) is 0 Å². The van der Waals surface area contributed by atoms with Gasteiger partial charge < -0.3 is 41.3 Å². The number of primary amides is 3. The molecule has 0 aromatic carbocycles. The van der Waals surface area contributed by atoms with Gasteiger partial charge in [0.25, 0.3) is 0 Å². The number of ether oxygens (including phenoxy) is 4. The zero-order chi connectivity index (χ0) is 15.3. The maximum atomic E-state index is 10.8. The van der Waals surface area contributed by atoms with Crippen LogP contribution >= 0.6 is 0 Å². The number of hydrogen-bond donors (Lipinski definition) is 4. The van der Waals surface area contributed by atoms with Crippen LogP contribution < -0.4 is 17.2 Å². The van der Waals surface area contributed by atoms with Crippen LogP contribution in [0.5, 0.6) is 0 Å². The van der Waals surface area contributed by atoms with Crippen molar-refractivity contribution in [3.05, 3.63) is 0 Å². The third-order valence-electron chi connectivity index (χ3n) is 2.41. The SMILES string of the molecule is NC(=O)OC[C@@H]1C[C@H](OC(N)=O)[C@@H](OC(N)=O)[C@H](O)O1. The predicted octanol–water partition coefficient (Wildman–Crippen LogP) is -1.88. The lowest BCUT2D eigenvalue weighted by atomic mass is 10.0. The van der Waals surface area contributed by atoms with Crippen molar-refractivity contribution in [3.8, 4) is 0 Å². The molecule has 1 aliphatic heterocycles. The summed E-state index contributed by atoms with van der Waals surface area (Å²) in [6.07, 6.45) is -8.33. The second-order valence-electron chi connectivity index (χ2n) is 3.89. The molecule has 0 unspecified atom stereocenters. The first-order chi connectivity index (χ1) is 9.29. The van der Waals surface area contributed by atoms with Gasteiger partial charge in [-0.25, -0.2) is 14.4 Å². The summed E-state index contributed by atoms with van der Waals surface area (Å²) in [7, 11) is 0. The van der Waals surface area contributed by atoms with Gasteiger partial charge in [0.1, 0.15) is 12.7 Å². The van der Waals surface area contributed by atoms with Crippen LogP contribution in [0.4, 0.5) is 14.4 Å². The number of rotatable bonds is 4. The highest BCUT2D eigenvalue weighted by Gasteiger charge is 2.42. The molecule has 1 saturated heterocycles. The predicted molar refractivity (Wildman–Crippen MR) is 59.9 cm³/mol. The van der Waals surface area contributed by atoms with Gasteiger partial charge in [-0.3, -0.25) is 0 Å². The molecule has 0 saturated carbocycles. The van der Waals surface area contributed by atoms with E-state index < -0.39 is 42.9 Å². The first-order valence-corrected chi connectivity index (χ1v) is 5.47. The normalized spacial score (nSPS) is 29.2. The number of aliphatic hydroxyl groups excluding tert-OH is 1. The lowest BCUT2D eigenvalue weighted by Crippen LogP contribution is -2.54. The molecule has 3 amide bonds. The van der Waals surface area contributed by atoms with Crippen molar-refractivity contribution in [2.24, 2.45) is 17.2 Å². The van der Waals surface area contributed by atoms with Crippen LogP contribution in [0.25, 0.3) is 0 Å². The molecule has 114 valence electrons. The number of hydrogen-bond acceptors (Lipinski definition) is 8. The van der Waals surface area contributed by atoms with Crippen LogP contribution in [0.15, 0.2) is 0 Å². The summed E-state index contributed by atoms with van der Waals surface area (Å²) in [4.78, 5) is 32.0. The van der Waals surface area contributed by atoms with Crippen molar-refractivity contribution >= 4 is 18.3 Å². The van der Waals surface area contributed by atoms with E-state index in [1.807, 2.05) is 0 Å². The summed E-state index contributed by atoms with van der Waals surface area (Å²) in [6.45, 7) is -0.283. The van der Waals surface area contributed by atoms with Crippen LogP contribution in [0.2, 0.25) is 0 Å². The van der Waals surface area contributed by atoms with Crippen molar-refractivity contribution in [2.75, 3.05) is 6.61 Å². The highest BCUT2D eigenvalue weighted by Crippen LogP contribution is 2.24. The first-order valence-electron chi connectivity index (χ1n) is 5.47. The Hall–Kier alpha value is -2.27. The van der Waals surface area contributed by atoms with Crippen molar-refractivity contribution < 1.29 is 38.4 Å². The molecule has 0 spiro atoms. The minimum absolute atomic E-state index is 0.0504. The van der Waals surface area contributed by atoms with E-state index >= 15 is 0 Å². The Kier molecular flexibility index (Phi) is 5.34. The van der Waals surface area contributed by atoms with Gasteiger partial charge in [0, 0.05) is 6.42 Å². The number of nitrogens with two attached hydrogens (primary N) is 3. The smallest absolute Gasteiger partial charge is 0.405 e. The van der Waals surface area contributed by atoms with Crippen LogP contribution in [0, 0.1) is 0 Å². The second kappa shape index (κ2) is 6.77. The van der Waals surface area contributed by atoms with Crippen LogP contribution in [0.1, 0.15) is 6.42 Å². The molecule has 1 fully saturated rings. The number of aliphatic hydroxyl groups is 1. The lowest BCUT2D eigenvalue weighted by Gasteiger charge is -2.37. The molecule has 11 heteroatoms. The molecule has 1 aliphatic rings. The second-order valence-corrected chi connectivity index (χ2v) is 3.89. The zero-order valence-corrected chi connectivity index (χ0v) is 10.3. The summed E-state index contributed by atoms with van der Waals surface area (Å²) < 4.78 is 18.8. The van der Waals surface area contributed by atoms with Crippen LogP contribution in [0.3, 0.4) is 0 Å². The minimum Gasteiger partial charge on any atom is -0.447 e. The Morgan fingerprint density at radius 3 is 2.20 bits per heavy atom. The van der Waals surface area contributed by atoms with Gasteiger partial charge in [-0.2, -0.15) is 0 Å². The molecule has 7 N–H and O–H groups in total. The molecule has 11 nitrogen and oxygen atoms in total. The van der Waals surface area contributed by atoms with Crippen molar-refractivity contribution in [3.63, 3.8) is 0 Å². The summed E-state index contributed by atoms with van der Waals surface area (Å²) in [5, 5.41) is 9.68. The van der Waals surface area contributed by atoms with E-state index in [1.165, 1.54) is 0 Å². The van der Waals surface area contributed by atoms with Crippen molar-refractivity contribution in [1.29, 1.82) is 0 Å². The summed E-state index contributed by atoms with van der Waals surface area (Å²) in [5.74, 6) is 0. The Morgan fingerprint density at radius 1 is 1.10 bits per heavy atom. The molecule has 0 aliphatic carbocycles. The Morgan fingerprint density at radius 2 is 1.70 bits per heavy atom. The molecule has 0 radical (unpaired) electrons. The number of carbonyl (C=O) groups is 3. The largest absolute Gasteiger partial charge is 0.447 e. The average molecular weight is 293 g/mol. The quantitative estimate of drug-likeness (QED) is 0.433. The Balaban J connectivity index is 2.71. The highest BCUT2D eigenvalue weighted by atomic mass is 16.7. The fourth-order valence-corrected chi connectivity index (χ4v) is 1.72.